The van der Waals surface area contributed by atoms with Crippen molar-refractivity contribution in [3.8, 4) is 0 Å². The average molecular weight is 708 g/mol. The van der Waals surface area contributed by atoms with E-state index in [1.165, 1.54) is 31.2 Å². The number of alkyl carbamates (subject to hydrolysis) is 1. The normalized spacial score (nSPS) is 18.5. The molecule has 1 fully saturated rings. The number of amides is 2. The second-order valence-electron chi connectivity index (χ2n) is 11.1. The highest BCUT2D eigenvalue weighted by atomic mass is 32.2. The van der Waals surface area contributed by atoms with E-state index in [2.05, 4.69) is 5.32 Å². The van der Waals surface area contributed by atoms with Crippen LogP contribution in [0.25, 0.3) is 0 Å². The van der Waals surface area contributed by atoms with Gasteiger partial charge in [-0.15, -0.1) is 0 Å². The lowest BCUT2D eigenvalue weighted by Gasteiger charge is -2.50. The molecular weight excluding hydrogens is 674 g/mol. The molecule has 0 aliphatic carbocycles. The van der Waals surface area contributed by atoms with Gasteiger partial charge in [0.15, 0.2) is 5.70 Å². The van der Waals surface area contributed by atoms with E-state index in [4.69, 9.17) is 23.7 Å². The van der Waals surface area contributed by atoms with Gasteiger partial charge in [0.05, 0.1) is 28.0 Å². The number of non-ortho nitro benzene ring substituents is 1. The second kappa shape index (κ2) is 16.6. The van der Waals surface area contributed by atoms with Crippen molar-refractivity contribution in [2.24, 2.45) is 5.92 Å². The first-order valence-electron chi connectivity index (χ1n) is 15.4. The first-order chi connectivity index (χ1) is 24.1. The highest BCUT2D eigenvalue weighted by molar-refractivity contribution is 7.86. The molecule has 2 amide bonds. The zero-order valence-electron chi connectivity index (χ0n) is 26.8. The van der Waals surface area contributed by atoms with Crippen LogP contribution in [-0.2, 0) is 63.9 Å². The minimum atomic E-state index is -1.78. The molecule has 5 rings (SSSR count). The number of hydrogen-bond acceptors (Lipinski definition) is 12. The number of carbonyl (C=O) groups is 4. The molecule has 15 nitrogen and oxygen atoms in total. The van der Waals surface area contributed by atoms with E-state index in [1.54, 1.807) is 30.3 Å². The summed E-state index contributed by atoms with van der Waals surface area (Å²) in [4.78, 5) is 62.9. The summed E-state index contributed by atoms with van der Waals surface area (Å²) in [6.45, 7) is 0.987. The summed E-state index contributed by atoms with van der Waals surface area (Å²) >= 11 is 0. The van der Waals surface area contributed by atoms with Crippen LogP contribution in [0.1, 0.15) is 23.6 Å². The van der Waals surface area contributed by atoms with Gasteiger partial charge in [-0.05, 0) is 35.7 Å². The molecule has 0 aromatic heterocycles. The minimum absolute atomic E-state index is 0.0248. The van der Waals surface area contributed by atoms with Crippen LogP contribution in [-0.4, -0.2) is 68.5 Å². The standard InChI is InChI=1S/C34H33N3O12S/c1-22(49-34(41)48-20-25-12-14-26(15-13-25)37(42)43)28-30(38)36-29(32(39)46-18-23-8-4-2-5-9-23)27(21-50(44)31(28)36)45-17-16-35-33(40)47-19-24-10-6-3-7-11-24/h2-15,22,28,31H,16-21H2,1H3,(H,35,40)/t22?,28-,31+,50?/m0/s1. The van der Waals surface area contributed by atoms with Gasteiger partial charge in [-0.1, -0.05) is 60.7 Å². The summed E-state index contributed by atoms with van der Waals surface area (Å²) in [7, 11) is -1.78. The Morgan fingerprint density at radius 3 is 2.10 bits per heavy atom. The third-order valence-electron chi connectivity index (χ3n) is 7.69. The Morgan fingerprint density at radius 1 is 0.900 bits per heavy atom. The third kappa shape index (κ3) is 8.82. The summed E-state index contributed by atoms with van der Waals surface area (Å²) in [5, 5.41) is 12.4. The van der Waals surface area contributed by atoms with Gasteiger partial charge in [-0.25, -0.2) is 14.4 Å². The number of fused-ring (bicyclic) bond motifs is 1. The van der Waals surface area contributed by atoms with Gasteiger partial charge in [0.2, 0.25) is 5.91 Å². The third-order valence-corrected chi connectivity index (χ3v) is 9.28. The molecule has 1 saturated heterocycles. The maximum absolute atomic E-state index is 13.5. The molecular formula is C34H33N3O12S. The predicted molar refractivity (Wildman–Crippen MR) is 175 cm³/mol. The van der Waals surface area contributed by atoms with Gasteiger partial charge in [0, 0.05) is 12.1 Å². The minimum Gasteiger partial charge on any atom is -0.493 e. The lowest BCUT2D eigenvalue weighted by Crippen LogP contribution is -2.68. The van der Waals surface area contributed by atoms with Crippen molar-refractivity contribution in [3.63, 3.8) is 0 Å². The molecule has 0 spiro atoms. The fourth-order valence-electron chi connectivity index (χ4n) is 5.19. The highest BCUT2D eigenvalue weighted by Crippen LogP contribution is 2.41. The van der Waals surface area contributed by atoms with Crippen LogP contribution in [0.4, 0.5) is 15.3 Å². The quantitative estimate of drug-likeness (QED) is 0.0632. The fourth-order valence-corrected chi connectivity index (χ4v) is 6.94. The summed E-state index contributed by atoms with van der Waals surface area (Å²) in [5.41, 5.74) is 1.61. The van der Waals surface area contributed by atoms with Crippen LogP contribution in [0.3, 0.4) is 0 Å². The molecule has 262 valence electrons. The zero-order chi connectivity index (χ0) is 35.6. The molecule has 4 atom stereocenters. The van der Waals surface area contributed by atoms with Crippen LogP contribution in [0, 0.1) is 16.0 Å². The van der Waals surface area contributed by atoms with Crippen molar-refractivity contribution in [1.29, 1.82) is 0 Å². The highest BCUT2D eigenvalue weighted by Gasteiger charge is 2.60. The van der Waals surface area contributed by atoms with Gasteiger partial charge in [-0.2, -0.15) is 0 Å². The van der Waals surface area contributed by atoms with E-state index in [-0.39, 0.29) is 55.9 Å². The van der Waals surface area contributed by atoms with Gasteiger partial charge in [-0.3, -0.25) is 24.0 Å². The largest absolute Gasteiger partial charge is 0.508 e. The van der Waals surface area contributed by atoms with Crippen molar-refractivity contribution < 1.29 is 52.0 Å². The molecule has 0 saturated carbocycles. The summed E-state index contributed by atoms with van der Waals surface area (Å²) < 4.78 is 40.3. The molecule has 0 radical (unpaired) electrons. The Kier molecular flexibility index (Phi) is 11.8. The Morgan fingerprint density at radius 2 is 1.48 bits per heavy atom. The first kappa shape index (κ1) is 35.5. The number of carbonyl (C=O) groups excluding carboxylic acids is 4. The van der Waals surface area contributed by atoms with Crippen LogP contribution in [0.5, 0.6) is 0 Å². The maximum Gasteiger partial charge on any atom is 0.508 e. The number of nitro groups is 1. The molecule has 2 aliphatic rings. The SMILES string of the molecule is CC(OC(=O)OCc1ccc([N+](=O)[O-])cc1)[C@H]1C(=O)N2C(C(=O)OCc3ccccc3)=C(OCCNC(=O)OCc3ccccc3)CS(=O)[C@H]12. The number of β-lactam (4-membered cyclic amide) rings is 1. The van der Waals surface area contributed by atoms with Gasteiger partial charge < -0.3 is 29.0 Å². The predicted octanol–water partition coefficient (Wildman–Crippen LogP) is 4.08. The maximum atomic E-state index is 13.5. The van der Waals surface area contributed by atoms with Crippen LogP contribution in [0.15, 0.2) is 96.4 Å². The average Bonchev–Trinajstić information content (AvgIpc) is 3.11. The molecule has 2 heterocycles. The smallest absolute Gasteiger partial charge is 0.493 e. The number of nitrogens with zero attached hydrogens (tertiary/aromatic N) is 2. The van der Waals surface area contributed by atoms with E-state index < -0.39 is 57.2 Å². The van der Waals surface area contributed by atoms with Crippen LogP contribution < -0.4 is 5.32 Å². The first-order valence-corrected chi connectivity index (χ1v) is 16.8. The van der Waals surface area contributed by atoms with E-state index in [9.17, 15) is 33.5 Å². The number of hydrogen-bond donors (Lipinski definition) is 1. The van der Waals surface area contributed by atoms with Crippen molar-refractivity contribution >= 4 is 40.6 Å². The summed E-state index contributed by atoms with van der Waals surface area (Å²) in [6.07, 6.45) is -2.89. The summed E-state index contributed by atoms with van der Waals surface area (Å²) in [5.74, 6) is -2.91. The van der Waals surface area contributed by atoms with Gasteiger partial charge >= 0.3 is 18.2 Å². The number of nitro benzene ring substituents is 1. The lowest BCUT2D eigenvalue weighted by atomic mass is 9.91. The number of benzene rings is 3. The zero-order valence-corrected chi connectivity index (χ0v) is 27.6. The molecule has 0 bridgehead atoms. The topological polar surface area (TPSA) is 190 Å². The number of rotatable bonds is 14. The van der Waals surface area contributed by atoms with Gasteiger partial charge in [0.1, 0.15) is 49.6 Å². The lowest BCUT2D eigenvalue weighted by molar-refractivity contribution is -0.384. The van der Waals surface area contributed by atoms with Crippen LogP contribution in [0.2, 0.25) is 0 Å². The molecule has 2 unspecified atom stereocenters. The Labute approximate surface area is 288 Å². The van der Waals surface area contributed by atoms with Gasteiger partial charge in [0.25, 0.3) is 5.69 Å². The molecule has 3 aromatic carbocycles. The number of ether oxygens (including phenoxy) is 5. The van der Waals surface area contributed by atoms with E-state index in [1.807, 2.05) is 30.3 Å². The van der Waals surface area contributed by atoms with E-state index >= 15 is 0 Å². The molecule has 3 aromatic rings. The molecule has 16 heteroatoms. The van der Waals surface area contributed by atoms with E-state index in [0.717, 1.165) is 10.5 Å². The van der Waals surface area contributed by atoms with E-state index in [0.29, 0.717) is 11.1 Å². The van der Waals surface area contributed by atoms with Crippen molar-refractivity contribution in [2.75, 3.05) is 18.9 Å². The van der Waals surface area contributed by atoms with Crippen molar-refractivity contribution in [3.05, 3.63) is 123 Å². The van der Waals surface area contributed by atoms with Crippen molar-refractivity contribution in [2.45, 2.75) is 38.2 Å². The fraction of sp³-hybridized carbons (Fsp3) is 0.294. The number of esters is 1. The Bertz CT molecular complexity index is 1770. The van der Waals surface area contributed by atoms with Crippen LogP contribution >= 0.6 is 0 Å². The second-order valence-corrected chi connectivity index (χ2v) is 12.6. The molecule has 50 heavy (non-hydrogen) atoms. The Hall–Kier alpha value is -5.77. The molecule has 2 aliphatic heterocycles. The summed E-state index contributed by atoms with van der Waals surface area (Å²) in [6, 6.07) is 23.3. The Balaban J connectivity index is 1.21. The van der Waals surface area contributed by atoms with Crippen molar-refractivity contribution in [1.82, 2.24) is 10.2 Å². The molecule has 1 N–H and O–H groups in total. The monoisotopic (exact) mass is 707 g/mol. The number of nitrogens with one attached hydrogen (secondary N) is 1.